The lowest BCUT2D eigenvalue weighted by Crippen LogP contribution is -2.48. The first-order valence-corrected chi connectivity index (χ1v) is 24.1. The topological polar surface area (TPSA) is 244 Å². The molecule has 8 aromatic rings. The number of halogens is 5. The fraction of sp³-hybridized carbons (Fsp3) is 0.283. The molecule has 0 aliphatic carbocycles. The van der Waals surface area contributed by atoms with Crippen molar-refractivity contribution in [2.24, 2.45) is 0 Å². The molecule has 2 aliphatic rings. The van der Waals surface area contributed by atoms with Crippen molar-refractivity contribution in [1.82, 2.24) is 29.5 Å². The van der Waals surface area contributed by atoms with Crippen molar-refractivity contribution in [1.29, 1.82) is 0 Å². The predicted molar refractivity (Wildman–Crippen MR) is 285 cm³/mol. The summed E-state index contributed by atoms with van der Waals surface area (Å²) in [7, 11) is 0. The third-order valence-corrected chi connectivity index (χ3v) is 14.1. The molecule has 0 bridgehead atoms. The van der Waals surface area contributed by atoms with Gasteiger partial charge in [-0.25, -0.2) is 29.5 Å². The van der Waals surface area contributed by atoms with Crippen LogP contribution >= 0.6 is 58.0 Å². The zero-order valence-corrected chi connectivity index (χ0v) is 42.4. The van der Waals surface area contributed by atoms with Crippen LogP contribution < -0.4 is 0 Å². The SMILES string of the molecule is C.C.C[C@@]1(O)[C@@H]([C@H](OC(=O)c2ccccc2)c2ccc(Cl)c(Cl)c2)OC(O)[C@@H]1O.Cc1ccc([C@@H](OC(=O)c2ccccc2)[C@H]2O[C@@H](n3ccc4c(Cl)ncnc43)[C@H](O)[C@]2(C)O)cc1Cl.Clc1ncnc2[nH]ccc12. The first-order chi connectivity index (χ1) is 34.8. The number of ether oxygens (including phenoxy) is 4. The molecular weight excluding hydrogens is 1070 g/mol. The Morgan fingerprint density at radius 1 is 0.640 bits per heavy atom. The highest BCUT2D eigenvalue weighted by molar-refractivity contribution is 6.42. The molecule has 1 unspecified atom stereocenters. The molecule has 75 heavy (non-hydrogen) atoms. The van der Waals surface area contributed by atoms with E-state index in [4.69, 9.17) is 77.0 Å². The molecule has 22 heteroatoms. The number of aromatic amines is 1. The molecule has 2 aliphatic heterocycles. The van der Waals surface area contributed by atoms with Crippen molar-refractivity contribution >= 4 is 92.0 Å². The number of carbonyl (C=O) groups is 2. The second kappa shape index (κ2) is 24.5. The number of aryl methyl sites for hydroxylation is 1. The Balaban J connectivity index is 0.000000206. The van der Waals surface area contributed by atoms with E-state index in [-0.39, 0.29) is 25.0 Å². The molecule has 4 aromatic carbocycles. The second-order valence-corrected chi connectivity index (χ2v) is 19.3. The Hall–Kier alpha value is -5.77. The van der Waals surface area contributed by atoms with Crippen LogP contribution in [-0.4, -0.2) is 109 Å². The Kier molecular flexibility index (Phi) is 19.1. The van der Waals surface area contributed by atoms with Gasteiger partial charge in [-0.05, 0) is 92.1 Å². The molecule has 6 N–H and O–H groups in total. The zero-order chi connectivity index (χ0) is 52.4. The van der Waals surface area contributed by atoms with E-state index >= 15 is 0 Å². The zero-order valence-electron chi connectivity index (χ0n) is 38.6. The van der Waals surface area contributed by atoms with Gasteiger partial charge in [0.25, 0.3) is 0 Å². The molecule has 6 heterocycles. The number of hydrogen-bond donors (Lipinski definition) is 6. The van der Waals surface area contributed by atoms with E-state index in [1.165, 1.54) is 38.6 Å². The fourth-order valence-electron chi connectivity index (χ4n) is 8.20. The normalized spacial score (nSPS) is 23.6. The van der Waals surface area contributed by atoms with Crippen molar-refractivity contribution < 1.29 is 54.1 Å². The van der Waals surface area contributed by atoms with Crippen LogP contribution in [0.5, 0.6) is 0 Å². The Morgan fingerprint density at radius 2 is 1.16 bits per heavy atom. The van der Waals surface area contributed by atoms with Gasteiger partial charge in [0.05, 0.1) is 31.9 Å². The standard InChI is InChI=1S/C26H23Cl2N3O5.C19H18Cl2O6.C6H4ClN3.2CH4/c1-14-8-9-16(12-18(14)27)19(35-25(33)15-6-4-3-5-7-15)21-26(2,34)20(32)24(36-21)31-11-10-17-22(28)29-13-30-23(17)31;1-19(25)15(22)18(24)27-16(19)14(11-7-8-12(20)13(21)9-11)26-17(23)10-5-3-2-4-6-10;7-5-4-1-2-8-6(4)10-3-9-5;;/h3-13,19-21,24,32,34H,1-2H3;2-9,14-16,18,22,24-25H,1H3;1-3H,(H,8,9,10);2*1H4/t19-,20+,21-,24-,26+;14-,15+,16-,18?,19+;;;/m11.../s1. The van der Waals surface area contributed by atoms with E-state index in [0.29, 0.717) is 48.5 Å². The number of H-pyrrole nitrogens is 1. The third kappa shape index (κ3) is 12.4. The minimum absolute atomic E-state index is 0. The maximum atomic E-state index is 13.1. The Bertz CT molecular complexity index is 3240. The molecular formula is C53H53Cl5N6O11. The van der Waals surface area contributed by atoms with Gasteiger partial charge < -0.3 is 54.0 Å². The van der Waals surface area contributed by atoms with Crippen molar-refractivity contribution in [3.05, 3.63) is 187 Å². The summed E-state index contributed by atoms with van der Waals surface area (Å²) in [5.74, 6) is -1.28. The van der Waals surface area contributed by atoms with Gasteiger partial charge in [-0.2, -0.15) is 0 Å². The van der Waals surface area contributed by atoms with Gasteiger partial charge in [0.2, 0.25) is 0 Å². The van der Waals surface area contributed by atoms with E-state index in [1.807, 2.05) is 13.0 Å². The van der Waals surface area contributed by atoms with Crippen molar-refractivity contribution in [2.75, 3.05) is 0 Å². The van der Waals surface area contributed by atoms with Gasteiger partial charge in [-0.1, -0.05) is 127 Å². The van der Waals surface area contributed by atoms with Gasteiger partial charge in [-0.3, -0.25) is 0 Å². The molecule has 10 rings (SSSR count). The van der Waals surface area contributed by atoms with Crippen molar-refractivity contribution in [2.45, 2.75) is 96.0 Å². The molecule has 0 radical (unpaired) electrons. The van der Waals surface area contributed by atoms with Crippen molar-refractivity contribution in [3.8, 4) is 0 Å². The number of rotatable bonds is 9. The lowest BCUT2D eigenvalue weighted by molar-refractivity contribution is -0.150. The maximum Gasteiger partial charge on any atom is 0.338 e. The summed E-state index contributed by atoms with van der Waals surface area (Å²) in [6, 6.07) is 30.1. The molecule has 10 atom stereocenters. The number of benzene rings is 4. The minimum Gasteiger partial charge on any atom is -0.451 e. The number of hydrogen-bond acceptors (Lipinski definition) is 15. The molecule has 396 valence electrons. The number of aliphatic hydroxyl groups excluding tert-OH is 3. The predicted octanol–water partition coefficient (Wildman–Crippen LogP) is 10.3. The molecule has 0 saturated carbocycles. The molecule has 2 saturated heterocycles. The number of nitrogens with one attached hydrogen (secondary N) is 1. The van der Waals surface area contributed by atoms with E-state index in [9.17, 15) is 35.1 Å². The van der Waals surface area contributed by atoms with Crippen LogP contribution in [0.25, 0.3) is 22.1 Å². The quantitative estimate of drug-likeness (QED) is 0.0582. The monoisotopic (exact) mass is 1120 g/mol. The summed E-state index contributed by atoms with van der Waals surface area (Å²) >= 11 is 30.3. The molecule has 2 fully saturated rings. The summed E-state index contributed by atoms with van der Waals surface area (Å²) in [6.07, 6.45) is -4.15. The average Bonchev–Trinajstić information content (AvgIpc) is 4.15. The number of nitrogens with zero attached hydrogens (tertiary/aromatic N) is 5. The van der Waals surface area contributed by atoms with E-state index in [2.05, 4.69) is 24.9 Å². The average molecular weight is 1130 g/mol. The van der Waals surface area contributed by atoms with Gasteiger partial charge in [0.15, 0.2) is 24.7 Å². The summed E-state index contributed by atoms with van der Waals surface area (Å²) in [6.45, 7) is 4.58. The summed E-state index contributed by atoms with van der Waals surface area (Å²) < 4.78 is 24.6. The number of aliphatic hydroxyl groups is 5. The number of esters is 2. The lowest BCUT2D eigenvalue weighted by Gasteiger charge is -2.32. The summed E-state index contributed by atoms with van der Waals surface area (Å²) in [5.41, 5.74) is -0.146. The van der Waals surface area contributed by atoms with Crippen molar-refractivity contribution in [3.63, 3.8) is 0 Å². The van der Waals surface area contributed by atoms with Gasteiger partial charge in [0, 0.05) is 17.4 Å². The first-order valence-electron chi connectivity index (χ1n) is 22.2. The maximum absolute atomic E-state index is 13.1. The molecule has 4 aromatic heterocycles. The Morgan fingerprint density at radius 3 is 1.69 bits per heavy atom. The summed E-state index contributed by atoms with van der Waals surface area (Å²) in [4.78, 5) is 44.5. The lowest BCUT2D eigenvalue weighted by atomic mass is 9.88. The fourth-order valence-corrected chi connectivity index (χ4v) is 9.08. The van der Waals surface area contributed by atoms with E-state index in [0.717, 1.165) is 16.6 Å². The van der Waals surface area contributed by atoms with Crippen LogP contribution in [0.1, 0.15) is 84.5 Å². The van der Waals surface area contributed by atoms with E-state index in [1.54, 1.807) is 108 Å². The number of aromatic nitrogens is 6. The van der Waals surface area contributed by atoms with Crippen LogP contribution in [0.15, 0.2) is 134 Å². The highest BCUT2D eigenvalue weighted by Gasteiger charge is 2.58. The highest BCUT2D eigenvalue weighted by atomic mass is 35.5. The molecule has 0 spiro atoms. The molecule has 0 amide bonds. The highest BCUT2D eigenvalue weighted by Crippen LogP contribution is 2.46. The summed E-state index contributed by atoms with van der Waals surface area (Å²) in [5, 5.41) is 56.3. The largest absolute Gasteiger partial charge is 0.451 e. The minimum atomic E-state index is -1.88. The number of fused-ring (bicyclic) bond motifs is 2. The smallest absolute Gasteiger partial charge is 0.338 e. The van der Waals surface area contributed by atoms with Crippen LogP contribution in [0.4, 0.5) is 0 Å². The van der Waals surface area contributed by atoms with Crippen LogP contribution in [-0.2, 0) is 18.9 Å². The molecule has 17 nitrogen and oxygen atoms in total. The van der Waals surface area contributed by atoms with Crippen LogP contribution in [0.3, 0.4) is 0 Å². The van der Waals surface area contributed by atoms with Crippen LogP contribution in [0.2, 0.25) is 25.4 Å². The second-order valence-electron chi connectivity index (χ2n) is 17.3. The van der Waals surface area contributed by atoms with Gasteiger partial charge >= 0.3 is 11.9 Å². The van der Waals surface area contributed by atoms with Crippen LogP contribution in [0, 0.1) is 6.92 Å². The van der Waals surface area contributed by atoms with Gasteiger partial charge in [-0.15, -0.1) is 0 Å². The number of carbonyl (C=O) groups excluding carboxylic acids is 2. The van der Waals surface area contributed by atoms with E-state index < -0.39 is 72.3 Å². The Labute approximate surface area is 456 Å². The first kappa shape index (κ1) is 58.5. The van der Waals surface area contributed by atoms with Gasteiger partial charge in [0.1, 0.15) is 69.9 Å². The third-order valence-electron chi connectivity index (χ3n) is 12.3.